The third-order valence-corrected chi connectivity index (χ3v) is 7.14. The minimum atomic E-state index is -0.224. The number of rotatable bonds is 8. The van der Waals surface area contributed by atoms with Crippen LogP contribution in [0.15, 0.2) is 40.8 Å². The summed E-state index contributed by atoms with van der Waals surface area (Å²) in [7, 11) is 1.59. The monoisotopic (exact) mass is 507 g/mol. The van der Waals surface area contributed by atoms with Gasteiger partial charge in [-0.05, 0) is 49.8 Å². The smallest absolute Gasteiger partial charge is 0.295 e. The van der Waals surface area contributed by atoms with Gasteiger partial charge in [-0.3, -0.25) is 9.69 Å². The molecule has 2 aromatic heterocycles. The van der Waals surface area contributed by atoms with Crippen LogP contribution in [0, 0.1) is 6.92 Å². The number of thiazole rings is 1. The number of amides is 1. The van der Waals surface area contributed by atoms with Gasteiger partial charge in [0.25, 0.3) is 5.91 Å². The SMILES string of the molecule is CCN(CC)CCN(C(=O)c1cc2cccc(OC)c2o1)c1nc2c(C)c(Cl)ccc2s1.Cl. The Morgan fingerprint density at radius 2 is 1.94 bits per heavy atom. The predicted molar refractivity (Wildman–Crippen MR) is 139 cm³/mol. The van der Waals surface area contributed by atoms with Crippen molar-refractivity contribution in [2.45, 2.75) is 20.8 Å². The van der Waals surface area contributed by atoms with Gasteiger partial charge < -0.3 is 14.1 Å². The van der Waals surface area contributed by atoms with Gasteiger partial charge in [0.05, 0.1) is 17.3 Å². The van der Waals surface area contributed by atoms with E-state index in [-0.39, 0.29) is 24.1 Å². The van der Waals surface area contributed by atoms with E-state index in [0.29, 0.717) is 28.0 Å². The molecule has 1 amide bonds. The van der Waals surface area contributed by atoms with Crippen LogP contribution in [0.1, 0.15) is 30.0 Å². The van der Waals surface area contributed by atoms with Crippen LogP contribution in [-0.2, 0) is 0 Å². The summed E-state index contributed by atoms with van der Waals surface area (Å²) in [6.07, 6.45) is 0. The van der Waals surface area contributed by atoms with Gasteiger partial charge in [-0.25, -0.2) is 4.98 Å². The molecule has 0 saturated carbocycles. The lowest BCUT2D eigenvalue weighted by molar-refractivity contribution is 0.0959. The van der Waals surface area contributed by atoms with E-state index in [4.69, 9.17) is 25.7 Å². The third kappa shape index (κ3) is 4.96. The van der Waals surface area contributed by atoms with Crippen molar-refractivity contribution in [3.8, 4) is 5.75 Å². The van der Waals surface area contributed by atoms with Crippen LogP contribution in [0.5, 0.6) is 5.75 Å². The average molecular weight is 508 g/mol. The van der Waals surface area contributed by atoms with Crippen LogP contribution in [-0.4, -0.2) is 49.1 Å². The number of benzene rings is 2. The molecule has 6 nitrogen and oxygen atoms in total. The van der Waals surface area contributed by atoms with Crippen LogP contribution < -0.4 is 9.64 Å². The summed E-state index contributed by atoms with van der Waals surface area (Å²) in [5, 5.41) is 2.12. The fourth-order valence-electron chi connectivity index (χ4n) is 3.71. The first-order valence-electron chi connectivity index (χ1n) is 10.6. The van der Waals surface area contributed by atoms with Crippen LogP contribution in [0.4, 0.5) is 5.13 Å². The number of ether oxygens (including phenoxy) is 1. The molecule has 2 heterocycles. The summed E-state index contributed by atoms with van der Waals surface area (Å²) in [6, 6.07) is 11.2. The number of carbonyl (C=O) groups is 1. The number of carbonyl (C=O) groups excluding carboxylic acids is 1. The van der Waals surface area contributed by atoms with Crippen LogP contribution in [0.3, 0.4) is 0 Å². The van der Waals surface area contributed by atoms with Crippen molar-refractivity contribution < 1.29 is 13.9 Å². The Morgan fingerprint density at radius 1 is 1.18 bits per heavy atom. The molecule has 0 aliphatic carbocycles. The first-order valence-corrected chi connectivity index (χ1v) is 11.8. The Hall–Kier alpha value is -2.32. The van der Waals surface area contributed by atoms with Gasteiger partial charge in [0.1, 0.15) is 0 Å². The summed E-state index contributed by atoms with van der Waals surface area (Å²) < 4.78 is 12.3. The van der Waals surface area contributed by atoms with Crippen molar-refractivity contribution >= 4 is 67.6 Å². The normalized spacial score (nSPS) is 11.2. The number of hydrogen-bond donors (Lipinski definition) is 0. The van der Waals surface area contributed by atoms with Crippen molar-refractivity contribution in [3.05, 3.63) is 52.7 Å². The molecule has 0 N–H and O–H groups in total. The maximum absolute atomic E-state index is 13.6. The Morgan fingerprint density at radius 3 is 2.64 bits per heavy atom. The number of halogens is 2. The maximum Gasteiger partial charge on any atom is 0.295 e. The highest BCUT2D eigenvalue weighted by molar-refractivity contribution is 7.22. The number of aromatic nitrogens is 1. The number of likely N-dealkylation sites (N-methyl/N-ethyl adjacent to an activating group) is 1. The number of para-hydroxylation sites is 1. The predicted octanol–water partition coefficient (Wildman–Crippen LogP) is 6.42. The fraction of sp³-hybridized carbons (Fsp3) is 0.333. The zero-order chi connectivity index (χ0) is 22.8. The molecule has 0 bridgehead atoms. The summed E-state index contributed by atoms with van der Waals surface area (Å²) >= 11 is 7.78. The fourth-order valence-corrected chi connectivity index (χ4v) is 4.91. The molecule has 176 valence electrons. The van der Waals surface area contributed by atoms with Crippen molar-refractivity contribution in [2.75, 3.05) is 38.2 Å². The zero-order valence-electron chi connectivity index (χ0n) is 19.1. The lowest BCUT2D eigenvalue weighted by Crippen LogP contribution is -2.38. The number of anilines is 1. The molecule has 0 aliphatic heterocycles. The lowest BCUT2D eigenvalue weighted by Gasteiger charge is -2.24. The van der Waals surface area contributed by atoms with Crippen LogP contribution >= 0.6 is 35.3 Å². The average Bonchev–Trinajstić information content (AvgIpc) is 3.43. The molecule has 0 radical (unpaired) electrons. The van der Waals surface area contributed by atoms with E-state index in [1.54, 1.807) is 18.1 Å². The molecular weight excluding hydrogens is 481 g/mol. The van der Waals surface area contributed by atoms with Gasteiger partial charge in [0.2, 0.25) is 0 Å². The summed E-state index contributed by atoms with van der Waals surface area (Å²) in [5.41, 5.74) is 2.30. The number of methoxy groups -OCH3 is 1. The minimum absolute atomic E-state index is 0. The molecule has 4 aromatic rings. The molecule has 0 unspecified atom stereocenters. The topological polar surface area (TPSA) is 58.8 Å². The highest BCUT2D eigenvalue weighted by Crippen LogP contribution is 2.35. The van der Waals surface area contributed by atoms with Gasteiger partial charge in [-0.2, -0.15) is 0 Å². The largest absolute Gasteiger partial charge is 0.493 e. The van der Waals surface area contributed by atoms with E-state index in [2.05, 4.69) is 18.7 Å². The highest BCUT2D eigenvalue weighted by Gasteiger charge is 2.26. The van der Waals surface area contributed by atoms with Crippen molar-refractivity contribution in [1.82, 2.24) is 9.88 Å². The number of nitrogens with zero attached hydrogens (tertiary/aromatic N) is 3. The first-order chi connectivity index (χ1) is 15.5. The quantitative estimate of drug-likeness (QED) is 0.275. The Kier molecular flexibility index (Phi) is 8.23. The van der Waals surface area contributed by atoms with Crippen LogP contribution in [0.25, 0.3) is 21.2 Å². The van der Waals surface area contributed by atoms with Crippen molar-refractivity contribution in [2.24, 2.45) is 0 Å². The Labute approximate surface area is 208 Å². The first kappa shape index (κ1) is 25.3. The molecule has 0 saturated heterocycles. The van der Waals surface area contributed by atoms with E-state index in [1.165, 1.54) is 11.3 Å². The molecule has 0 spiro atoms. The molecule has 33 heavy (non-hydrogen) atoms. The maximum atomic E-state index is 13.6. The van der Waals surface area contributed by atoms with Gasteiger partial charge in [-0.15, -0.1) is 12.4 Å². The van der Waals surface area contributed by atoms with Crippen molar-refractivity contribution in [1.29, 1.82) is 0 Å². The second kappa shape index (κ2) is 10.7. The molecule has 4 rings (SSSR count). The minimum Gasteiger partial charge on any atom is -0.493 e. The molecule has 9 heteroatoms. The van der Waals surface area contributed by atoms with Crippen LogP contribution in [0.2, 0.25) is 5.02 Å². The van der Waals surface area contributed by atoms with E-state index in [9.17, 15) is 4.79 Å². The molecule has 0 aliphatic rings. The van der Waals surface area contributed by atoms with E-state index in [1.807, 2.05) is 37.3 Å². The number of aryl methyl sites for hydroxylation is 1. The molecule has 2 aromatic carbocycles. The highest BCUT2D eigenvalue weighted by atomic mass is 35.5. The summed E-state index contributed by atoms with van der Waals surface area (Å²) in [4.78, 5) is 22.4. The molecular formula is C24H27Cl2N3O3S. The third-order valence-electron chi connectivity index (χ3n) is 5.69. The van der Waals surface area contributed by atoms with Gasteiger partial charge in [0.15, 0.2) is 22.2 Å². The number of hydrogen-bond acceptors (Lipinski definition) is 6. The summed E-state index contributed by atoms with van der Waals surface area (Å²) in [5.74, 6) is 0.637. The van der Waals surface area contributed by atoms with Gasteiger partial charge in [-0.1, -0.05) is 48.9 Å². The second-order valence-electron chi connectivity index (χ2n) is 7.49. The van der Waals surface area contributed by atoms with E-state index < -0.39 is 0 Å². The van der Waals surface area contributed by atoms with Crippen molar-refractivity contribution in [3.63, 3.8) is 0 Å². The zero-order valence-corrected chi connectivity index (χ0v) is 21.4. The molecule has 0 atom stereocenters. The summed E-state index contributed by atoms with van der Waals surface area (Å²) in [6.45, 7) is 9.24. The Balaban J connectivity index is 0.00000306. The standard InChI is InChI=1S/C24H26ClN3O3S.ClH/c1-5-27(6-2)12-13-28(24-26-21-15(3)17(25)10-11-20(21)32-24)23(29)19-14-16-8-7-9-18(30-4)22(16)31-19;/h7-11,14H,5-6,12-13H2,1-4H3;1H. The number of furan rings is 1. The van der Waals surface area contributed by atoms with E-state index >= 15 is 0 Å². The lowest BCUT2D eigenvalue weighted by atomic mass is 10.2. The molecule has 0 fully saturated rings. The van der Waals surface area contributed by atoms with Gasteiger partial charge in [0, 0.05) is 23.5 Å². The Bertz CT molecular complexity index is 1270. The number of fused-ring (bicyclic) bond motifs is 2. The van der Waals surface area contributed by atoms with Gasteiger partial charge >= 0.3 is 0 Å². The van der Waals surface area contributed by atoms with E-state index in [0.717, 1.165) is 40.8 Å². The second-order valence-corrected chi connectivity index (χ2v) is 8.90.